The van der Waals surface area contributed by atoms with E-state index in [1.54, 1.807) is 24.5 Å². The summed E-state index contributed by atoms with van der Waals surface area (Å²) in [6, 6.07) is 5.59. The Morgan fingerprint density at radius 3 is 2.95 bits per heavy atom. The number of nitrogens with one attached hydrogen (secondary N) is 1. The topological polar surface area (TPSA) is 86.3 Å². The number of carbonyl (C=O) groups excluding carboxylic acids is 1. The van der Waals surface area contributed by atoms with Gasteiger partial charge < -0.3 is 10.0 Å². The Labute approximate surface area is 120 Å². The van der Waals surface area contributed by atoms with E-state index in [0.717, 1.165) is 10.6 Å². The first-order chi connectivity index (χ1) is 9.58. The smallest absolute Gasteiger partial charge is 0.303 e. The first-order valence-electron chi connectivity index (χ1n) is 6.14. The van der Waals surface area contributed by atoms with Crippen molar-refractivity contribution in [3.05, 3.63) is 29.3 Å². The highest BCUT2D eigenvalue weighted by Gasteiger charge is 2.16. The number of nitrogens with zero attached hydrogens (tertiary/aromatic N) is 2. The number of thiophene rings is 1. The second-order valence-electron chi connectivity index (χ2n) is 4.37. The molecular formula is C13H15N3O3S. The summed E-state index contributed by atoms with van der Waals surface area (Å²) in [6.07, 6.45) is 0.485. The predicted octanol–water partition coefficient (Wildman–Crippen LogP) is 2.07. The molecule has 6 nitrogen and oxygen atoms in total. The van der Waals surface area contributed by atoms with E-state index in [9.17, 15) is 9.59 Å². The Kier molecular flexibility index (Phi) is 4.52. The van der Waals surface area contributed by atoms with Gasteiger partial charge in [0.05, 0.1) is 10.6 Å². The number of carboxylic acid groups (broad SMARTS) is 1. The molecule has 2 heterocycles. The van der Waals surface area contributed by atoms with Gasteiger partial charge >= 0.3 is 5.97 Å². The number of hydrogen-bond acceptors (Lipinski definition) is 4. The first-order valence-corrected chi connectivity index (χ1v) is 7.02. The number of carbonyl (C=O) groups is 2. The molecule has 0 aromatic carbocycles. The number of aromatic amines is 1. The fourth-order valence-electron chi connectivity index (χ4n) is 1.75. The van der Waals surface area contributed by atoms with Gasteiger partial charge in [-0.3, -0.25) is 14.7 Å². The number of aromatic nitrogens is 2. The van der Waals surface area contributed by atoms with Crippen LogP contribution >= 0.6 is 11.3 Å². The maximum atomic E-state index is 12.1. The van der Waals surface area contributed by atoms with Gasteiger partial charge in [0, 0.05) is 20.0 Å². The van der Waals surface area contributed by atoms with Crippen molar-refractivity contribution in [3.63, 3.8) is 0 Å². The van der Waals surface area contributed by atoms with E-state index in [2.05, 4.69) is 10.2 Å². The lowest BCUT2D eigenvalue weighted by Gasteiger charge is -2.14. The average Bonchev–Trinajstić information content (AvgIpc) is 3.07. The van der Waals surface area contributed by atoms with Crippen LogP contribution in [0.4, 0.5) is 0 Å². The van der Waals surface area contributed by atoms with Crippen LogP contribution in [-0.2, 0) is 4.79 Å². The quantitative estimate of drug-likeness (QED) is 0.853. The van der Waals surface area contributed by atoms with Crippen LogP contribution in [-0.4, -0.2) is 45.7 Å². The van der Waals surface area contributed by atoms with Crippen LogP contribution in [0, 0.1) is 0 Å². The van der Waals surface area contributed by atoms with Gasteiger partial charge in [-0.2, -0.15) is 5.10 Å². The van der Waals surface area contributed by atoms with E-state index >= 15 is 0 Å². The van der Waals surface area contributed by atoms with Crippen molar-refractivity contribution in [3.8, 4) is 10.6 Å². The van der Waals surface area contributed by atoms with Crippen molar-refractivity contribution in [2.24, 2.45) is 0 Å². The molecule has 106 valence electrons. The van der Waals surface area contributed by atoms with E-state index in [-0.39, 0.29) is 12.3 Å². The van der Waals surface area contributed by atoms with Crippen LogP contribution in [0.2, 0.25) is 0 Å². The highest BCUT2D eigenvalue weighted by Crippen LogP contribution is 2.23. The molecular weight excluding hydrogens is 278 g/mol. The zero-order valence-corrected chi connectivity index (χ0v) is 11.8. The van der Waals surface area contributed by atoms with Crippen LogP contribution in [0.15, 0.2) is 23.6 Å². The second kappa shape index (κ2) is 6.33. The monoisotopic (exact) mass is 293 g/mol. The van der Waals surface area contributed by atoms with E-state index in [1.807, 2.05) is 17.5 Å². The Bertz CT molecular complexity index is 592. The van der Waals surface area contributed by atoms with Gasteiger partial charge in [-0.1, -0.05) is 6.07 Å². The van der Waals surface area contributed by atoms with Gasteiger partial charge in [-0.15, -0.1) is 11.3 Å². The Morgan fingerprint density at radius 2 is 2.30 bits per heavy atom. The molecule has 2 aromatic rings. The van der Waals surface area contributed by atoms with Crippen LogP contribution in [0.1, 0.15) is 23.3 Å². The lowest BCUT2D eigenvalue weighted by molar-refractivity contribution is -0.137. The minimum absolute atomic E-state index is 0.0542. The molecule has 0 saturated carbocycles. The summed E-state index contributed by atoms with van der Waals surface area (Å²) in [7, 11) is 1.64. The number of amides is 1. The van der Waals surface area contributed by atoms with Crippen LogP contribution in [0.5, 0.6) is 0 Å². The average molecular weight is 293 g/mol. The van der Waals surface area contributed by atoms with E-state index in [1.165, 1.54) is 4.90 Å². The summed E-state index contributed by atoms with van der Waals surface area (Å²) < 4.78 is 0. The minimum Gasteiger partial charge on any atom is -0.481 e. The molecule has 2 rings (SSSR count). The molecule has 7 heteroatoms. The standard InChI is InChI=1S/C13H15N3O3S/c1-16(6-2-5-12(17)18)13(19)10-8-9(14-15-10)11-4-3-7-20-11/h3-4,7-8H,2,5-6H2,1H3,(H,14,15)(H,17,18). The Hall–Kier alpha value is -2.15. The van der Waals surface area contributed by atoms with E-state index < -0.39 is 5.97 Å². The molecule has 0 fully saturated rings. The zero-order valence-electron chi connectivity index (χ0n) is 11.0. The Balaban J connectivity index is 1.97. The first kappa shape index (κ1) is 14.3. The zero-order chi connectivity index (χ0) is 14.5. The molecule has 20 heavy (non-hydrogen) atoms. The van der Waals surface area contributed by atoms with Crippen molar-refractivity contribution in [2.75, 3.05) is 13.6 Å². The van der Waals surface area contributed by atoms with Gasteiger partial charge in [0.2, 0.25) is 0 Å². The fourth-order valence-corrected chi connectivity index (χ4v) is 2.45. The molecule has 0 unspecified atom stereocenters. The maximum Gasteiger partial charge on any atom is 0.303 e. The van der Waals surface area contributed by atoms with Crippen molar-refractivity contribution >= 4 is 23.2 Å². The van der Waals surface area contributed by atoms with Crippen molar-refractivity contribution in [2.45, 2.75) is 12.8 Å². The van der Waals surface area contributed by atoms with Gasteiger partial charge in [0.25, 0.3) is 5.91 Å². The largest absolute Gasteiger partial charge is 0.481 e. The maximum absolute atomic E-state index is 12.1. The lowest BCUT2D eigenvalue weighted by Crippen LogP contribution is -2.28. The number of aliphatic carboxylic acids is 1. The molecule has 1 amide bonds. The lowest BCUT2D eigenvalue weighted by atomic mass is 10.2. The second-order valence-corrected chi connectivity index (χ2v) is 5.32. The SMILES string of the molecule is CN(CCCC(=O)O)C(=O)c1cc(-c2cccs2)[nH]n1. The van der Waals surface area contributed by atoms with Crippen LogP contribution in [0.3, 0.4) is 0 Å². The van der Waals surface area contributed by atoms with Crippen molar-refractivity contribution in [1.82, 2.24) is 15.1 Å². The molecule has 2 N–H and O–H groups in total. The van der Waals surface area contributed by atoms with E-state index in [4.69, 9.17) is 5.11 Å². The number of carboxylic acids is 1. The molecule has 0 aliphatic rings. The van der Waals surface area contributed by atoms with Gasteiger partial charge in [0.15, 0.2) is 5.69 Å². The normalized spacial score (nSPS) is 10.4. The predicted molar refractivity (Wildman–Crippen MR) is 75.7 cm³/mol. The molecule has 0 atom stereocenters. The van der Waals surface area contributed by atoms with E-state index in [0.29, 0.717) is 18.7 Å². The third-order valence-electron chi connectivity index (χ3n) is 2.81. The minimum atomic E-state index is -0.856. The summed E-state index contributed by atoms with van der Waals surface area (Å²) in [6.45, 7) is 0.395. The molecule has 2 aromatic heterocycles. The van der Waals surface area contributed by atoms with Crippen LogP contribution in [0.25, 0.3) is 10.6 Å². The Morgan fingerprint density at radius 1 is 1.50 bits per heavy atom. The molecule has 0 saturated heterocycles. The van der Waals surface area contributed by atoms with Gasteiger partial charge in [-0.25, -0.2) is 0 Å². The third kappa shape index (κ3) is 3.45. The van der Waals surface area contributed by atoms with Crippen molar-refractivity contribution < 1.29 is 14.7 Å². The van der Waals surface area contributed by atoms with Gasteiger partial charge in [0.1, 0.15) is 0 Å². The summed E-state index contributed by atoms with van der Waals surface area (Å²) >= 11 is 1.57. The van der Waals surface area contributed by atoms with Gasteiger partial charge in [-0.05, 0) is 23.9 Å². The summed E-state index contributed by atoms with van der Waals surface area (Å²) in [5.41, 5.74) is 1.15. The van der Waals surface area contributed by atoms with Crippen LogP contribution < -0.4 is 0 Å². The molecule has 0 aliphatic heterocycles. The molecule has 0 bridgehead atoms. The van der Waals surface area contributed by atoms with Crippen molar-refractivity contribution in [1.29, 1.82) is 0 Å². The highest BCUT2D eigenvalue weighted by atomic mass is 32.1. The number of rotatable bonds is 6. The number of H-pyrrole nitrogens is 1. The summed E-state index contributed by atoms with van der Waals surface area (Å²) in [5.74, 6) is -1.07. The highest BCUT2D eigenvalue weighted by molar-refractivity contribution is 7.13. The molecule has 0 aliphatic carbocycles. The fraction of sp³-hybridized carbons (Fsp3) is 0.308. The third-order valence-corrected chi connectivity index (χ3v) is 3.72. The number of hydrogen-bond donors (Lipinski definition) is 2. The summed E-state index contributed by atoms with van der Waals surface area (Å²) in [5, 5.41) is 17.4. The molecule has 0 spiro atoms. The molecule has 0 radical (unpaired) electrons. The summed E-state index contributed by atoms with van der Waals surface area (Å²) in [4.78, 5) is 25.0.